The molecule has 40 heavy (non-hydrogen) atoms. The summed E-state index contributed by atoms with van der Waals surface area (Å²) < 4.78 is 67.7. The number of rotatable bonds is 4. The summed E-state index contributed by atoms with van der Waals surface area (Å²) in [7, 11) is 1.97. The van der Waals surface area contributed by atoms with Gasteiger partial charge in [0.05, 0.1) is 22.5 Å². The number of fused-ring (bicyclic) bond motifs is 1. The number of aromatic amines is 1. The maximum atomic E-state index is 15.7. The molecule has 0 saturated carbocycles. The lowest BCUT2D eigenvalue weighted by Gasteiger charge is -2.44. The third-order valence-corrected chi connectivity index (χ3v) is 7.22. The third kappa shape index (κ3) is 5.33. The van der Waals surface area contributed by atoms with Gasteiger partial charge in [-0.3, -0.25) is 14.5 Å². The molecule has 3 aromatic rings. The highest BCUT2D eigenvalue weighted by atomic mass is 19.4. The minimum absolute atomic E-state index is 0.0521. The number of carbonyl (C=O) groups is 1. The molecule has 9 nitrogen and oxygen atoms in total. The number of halogens is 4. The first kappa shape index (κ1) is 27.4. The van der Waals surface area contributed by atoms with Crippen molar-refractivity contribution >= 4 is 17.3 Å². The van der Waals surface area contributed by atoms with Crippen LogP contribution in [0, 0.1) is 5.82 Å². The lowest BCUT2D eigenvalue weighted by atomic mass is 10.0. The number of amides is 1. The number of carbonyl (C=O) groups excluding carboxylic acids is 1. The number of H-pyrrole nitrogens is 1. The van der Waals surface area contributed by atoms with Crippen molar-refractivity contribution in [2.24, 2.45) is 0 Å². The predicted octanol–water partition coefficient (Wildman–Crippen LogP) is 4.15. The highest BCUT2D eigenvalue weighted by Crippen LogP contribution is 2.39. The van der Waals surface area contributed by atoms with Crippen LogP contribution < -0.4 is 25.2 Å². The van der Waals surface area contributed by atoms with Crippen molar-refractivity contribution < 1.29 is 31.8 Å². The Morgan fingerprint density at radius 2 is 1.80 bits per heavy atom. The molecule has 2 aliphatic rings. The van der Waals surface area contributed by atoms with Gasteiger partial charge in [0.15, 0.2) is 5.75 Å². The van der Waals surface area contributed by atoms with E-state index in [0.29, 0.717) is 49.4 Å². The number of nitrogens with one attached hydrogen (secondary N) is 2. The van der Waals surface area contributed by atoms with Crippen LogP contribution in [-0.2, 0) is 6.18 Å². The summed E-state index contributed by atoms with van der Waals surface area (Å²) in [5.41, 5.74) is -2.37. The first-order valence-electron chi connectivity index (χ1n) is 12.6. The Labute approximate surface area is 226 Å². The van der Waals surface area contributed by atoms with E-state index in [4.69, 9.17) is 9.47 Å². The molecule has 0 radical (unpaired) electrons. The number of nitrogens with zero attached hydrogens (tertiary/aromatic N) is 3. The molecule has 0 bridgehead atoms. The standard InChI is InChI=1S/C27H27F4N5O4/c1-14-12-36(13-15(2)35(14)3)22-9-20(28)17(16-6-23-26(33-10-16)40-5-4-39-23)7-21(22)34-25(38)18-11-32-24(37)8-19(18)27(29,30)31/h6-11,14-15H,4-5,12-13H2,1-3H3,(H,32,37)(H,34,38). The lowest BCUT2D eigenvalue weighted by molar-refractivity contribution is -0.138. The Balaban J connectivity index is 1.60. The second-order valence-electron chi connectivity index (χ2n) is 9.92. The van der Waals surface area contributed by atoms with E-state index in [1.807, 2.05) is 25.8 Å². The van der Waals surface area contributed by atoms with Gasteiger partial charge in [-0.15, -0.1) is 0 Å². The second-order valence-corrected chi connectivity index (χ2v) is 9.92. The summed E-state index contributed by atoms with van der Waals surface area (Å²) >= 11 is 0. The van der Waals surface area contributed by atoms with Gasteiger partial charge < -0.3 is 24.7 Å². The summed E-state index contributed by atoms with van der Waals surface area (Å²) in [5.74, 6) is -1.15. The molecule has 2 aliphatic heterocycles. The Morgan fingerprint density at radius 3 is 2.50 bits per heavy atom. The lowest BCUT2D eigenvalue weighted by Crippen LogP contribution is -2.55. The van der Waals surface area contributed by atoms with Gasteiger partial charge in [-0.2, -0.15) is 13.2 Å². The molecule has 1 amide bonds. The first-order chi connectivity index (χ1) is 18.9. The Kier molecular flexibility index (Phi) is 7.17. The summed E-state index contributed by atoms with van der Waals surface area (Å²) in [6.07, 6.45) is -2.84. The molecule has 4 heterocycles. The van der Waals surface area contributed by atoms with Gasteiger partial charge in [0.2, 0.25) is 5.56 Å². The number of piperazine rings is 1. The topological polar surface area (TPSA) is 99.8 Å². The van der Waals surface area contributed by atoms with Crippen molar-refractivity contribution in [3.05, 3.63) is 64.0 Å². The van der Waals surface area contributed by atoms with Gasteiger partial charge in [0.25, 0.3) is 11.8 Å². The smallest absolute Gasteiger partial charge is 0.417 e. The molecular weight excluding hydrogens is 534 g/mol. The molecular formula is C27H27F4N5O4. The van der Waals surface area contributed by atoms with E-state index in [1.54, 1.807) is 6.07 Å². The van der Waals surface area contributed by atoms with Gasteiger partial charge in [0.1, 0.15) is 19.0 Å². The number of hydrogen-bond donors (Lipinski definition) is 2. The number of aromatic nitrogens is 2. The average molecular weight is 562 g/mol. The maximum Gasteiger partial charge on any atom is 0.417 e. The maximum absolute atomic E-state index is 15.7. The van der Waals surface area contributed by atoms with Crippen LogP contribution >= 0.6 is 0 Å². The van der Waals surface area contributed by atoms with Crippen molar-refractivity contribution in [3.8, 4) is 22.8 Å². The van der Waals surface area contributed by atoms with Gasteiger partial charge in [0, 0.05) is 54.8 Å². The molecule has 5 rings (SSSR count). The van der Waals surface area contributed by atoms with Gasteiger partial charge in [-0.05, 0) is 39.1 Å². The first-order valence-corrected chi connectivity index (χ1v) is 12.6. The van der Waals surface area contributed by atoms with Gasteiger partial charge in [-0.25, -0.2) is 9.37 Å². The van der Waals surface area contributed by atoms with E-state index in [1.165, 1.54) is 18.3 Å². The summed E-state index contributed by atoms with van der Waals surface area (Å²) in [6, 6.07) is 4.65. The molecule has 2 N–H and O–H groups in total. The Hall–Kier alpha value is -4.13. The molecule has 2 aromatic heterocycles. The van der Waals surface area contributed by atoms with E-state index in [2.05, 4.69) is 20.2 Å². The van der Waals surface area contributed by atoms with Crippen LogP contribution in [0.25, 0.3) is 11.1 Å². The fourth-order valence-electron chi connectivity index (χ4n) is 4.91. The Morgan fingerprint density at radius 1 is 1.10 bits per heavy atom. The fraction of sp³-hybridized carbons (Fsp3) is 0.370. The van der Waals surface area contributed by atoms with Gasteiger partial charge >= 0.3 is 6.18 Å². The molecule has 2 atom stereocenters. The van der Waals surface area contributed by atoms with Crippen molar-refractivity contribution in [2.45, 2.75) is 32.1 Å². The molecule has 1 fully saturated rings. The molecule has 0 spiro atoms. The predicted molar refractivity (Wildman–Crippen MR) is 140 cm³/mol. The number of anilines is 2. The van der Waals surface area contributed by atoms with Crippen LogP contribution in [0.1, 0.15) is 29.8 Å². The summed E-state index contributed by atoms with van der Waals surface area (Å²) in [4.78, 5) is 35.2. The van der Waals surface area contributed by atoms with Crippen molar-refractivity contribution in [1.82, 2.24) is 14.9 Å². The molecule has 2 unspecified atom stereocenters. The third-order valence-electron chi connectivity index (χ3n) is 7.22. The minimum Gasteiger partial charge on any atom is -0.484 e. The summed E-state index contributed by atoms with van der Waals surface area (Å²) in [5, 5.41) is 2.54. The largest absolute Gasteiger partial charge is 0.484 e. The monoisotopic (exact) mass is 561 g/mol. The number of alkyl halides is 3. The van der Waals surface area contributed by atoms with Crippen LogP contribution in [0.5, 0.6) is 11.6 Å². The molecule has 1 aromatic carbocycles. The van der Waals surface area contributed by atoms with E-state index in [-0.39, 0.29) is 29.2 Å². The zero-order valence-corrected chi connectivity index (χ0v) is 21.9. The normalized spacial score (nSPS) is 19.4. The van der Waals surface area contributed by atoms with Crippen LogP contribution in [0.3, 0.4) is 0 Å². The van der Waals surface area contributed by atoms with Crippen LogP contribution in [0.2, 0.25) is 0 Å². The number of benzene rings is 1. The summed E-state index contributed by atoms with van der Waals surface area (Å²) in [6.45, 7) is 5.60. The van der Waals surface area contributed by atoms with E-state index in [9.17, 15) is 22.8 Å². The quantitative estimate of drug-likeness (QED) is 0.462. The van der Waals surface area contributed by atoms with Crippen molar-refractivity contribution in [1.29, 1.82) is 0 Å². The SMILES string of the molecule is CC1CN(c2cc(F)c(-c3cnc4c(c3)OCCO4)cc2NC(=O)c2c[nH]c(=O)cc2C(F)(F)F)CC(C)N1C. The second kappa shape index (κ2) is 10.5. The fourth-order valence-corrected chi connectivity index (χ4v) is 4.91. The number of hydrogen-bond acceptors (Lipinski definition) is 7. The van der Waals surface area contributed by atoms with E-state index in [0.717, 1.165) is 6.20 Å². The molecule has 1 saturated heterocycles. The van der Waals surface area contributed by atoms with Crippen molar-refractivity contribution in [2.75, 3.05) is 43.6 Å². The molecule has 0 aliphatic carbocycles. The highest BCUT2D eigenvalue weighted by Gasteiger charge is 2.36. The highest BCUT2D eigenvalue weighted by molar-refractivity contribution is 6.07. The molecule has 13 heteroatoms. The minimum atomic E-state index is -4.95. The number of ether oxygens (including phenoxy) is 2. The molecule has 212 valence electrons. The number of pyridine rings is 2. The number of likely N-dealkylation sites (N-methyl/N-ethyl adjacent to an activating group) is 1. The van der Waals surface area contributed by atoms with Crippen LogP contribution in [0.4, 0.5) is 28.9 Å². The van der Waals surface area contributed by atoms with Crippen LogP contribution in [0.15, 0.2) is 41.5 Å². The average Bonchev–Trinajstić information content (AvgIpc) is 2.91. The van der Waals surface area contributed by atoms with Gasteiger partial charge in [-0.1, -0.05) is 0 Å². The zero-order valence-electron chi connectivity index (χ0n) is 21.9. The van der Waals surface area contributed by atoms with E-state index >= 15 is 4.39 Å². The van der Waals surface area contributed by atoms with Crippen molar-refractivity contribution in [3.63, 3.8) is 0 Å². The Bertz CT molecular complexity index is 1500. The van der Waals surface area contributed by atoms with Crippen LogP contribution in [-0.4, -0.2) is 66.2 Å². The van der Waals surface area contributed by atoms with E-state index < -0.39 is 34.6 Å². The zero-order chi connectivity index (χ0) is 28.8.